The van der Waals surface area contributed by atoms with E-state index in [1.54, 1.807) is 0 Å². The van der Waals surface area contributed by atoms with E-state index in [4.69, 9.17) is 0 Å². The highest BCUT2D eigenvalue weighted by atomic mass is 79.9. The second-order valence-corrected chi connectivity index (χ2v) is 5.37. The number of aromatic nitrogens is 1. The van der Waals surface area contributed by atoms with Crippen molar-refractivity contribution in [2.45, 2.75) is 0 Å². The van der Waals surface area contributed by atoms with Gasteiger partial charge in [-0.3, -0.25) is 0 Å². The fourth-order valence-electron chi connectivity index (χ4n) is 2.28. The van der Waals surface area contributed by atoms with Crippen molar-refractivity contribution >= 4 is 15.9 Å². The Morgan fingerprint density at radius 3 is 2.00 bits per heavy atom. The van der Waals surface area contributed by atoms with Gasteiger partial charge in [0.15, 0.2) is 0 Å². The van der Waals surface area contributed by atoms with Gasteiger partial charge < -0.3 is 0 Å². The molecule has 21 heavy (non-hydrogen) atoms. The summed E-state index contributed by atoms with van der Waals surface area (Å²) in [6.45, 7) is 0. The van der Waals surface area contributed by atoms with Gasteiger partial charge in [-0.05, 0) is 27.6 Å². The number of hydrogen-bond acceptors (Lipinski definition) is 2. The average Bonchev–Trinajstić information content (AvgIpc) is 2.55. The molecule has 0 saturated heterocycles. The van der Waals surface area contributed by atoms with Gasteiger partial charge in [-0.1, -0.05) is 60.7 Å². The van der Waals surface area contributed by atoms with Crippen LogP contribution in [-0.2, 0) is 0 Å². The molecular formula is C18H11BrN2. The lowest BCUT2D eigenvalue weighted by molar-refractivity contribution is 1.26. The van der Waals surface area contributed by atoms with Gasteiger partial charge in [0.1, 0.15) is 10.7 Å². The van der Waals surface area contributed by atoms with E-state index in [1.165, 1.54) is 0 Å². The quantitative estimate of drug-likeness (QED) is 0.615. The molecule has 0 aliphatic heterocycles. The maximum atomic E-state index is 9.61. The first-order valence-corrected chi connectivity index (χ1v) is 7.30. The minimum Gasteiger partial charge on any atom is -0.239 e. The fourth-order valence-corrected chi connectivity index (χ4v) is 2.68. The van der Waals surface area contributed by atoms with Gasteiger partial charge in [0.05, 0.1) is 11.3 Å². The van der Waals surface area contributed by atoms with Crippen LogP contribution in [0.5, 0.6) is 0 Å². The molecule has 0 unspecified atom stereocenters. The molecule has 1 aromatic heterocycles. The summed E-state index contributed by atoms with van der Waals surface area (Å²) >= 11 is 3.45. The summed E-state index contributed by atoms with van der Waals surface area (Å²) in [5.74, 6) is 0. The van der Waals surface area contributed by atoms with Crippen molar-refractivity contribution in [3.63, 3.8) is 0 Å². The highest BCUT2D eigenvalue weighted by Gasteiger charge is 2.14. The molecule has 3 aromatic rings. The Hall–Kier alpha value is -2.44. The van der Waals surface area contributed by atoms with Crippen LogP contribution in [0.25, 0.3) is 22.4 Å². The Morgan fingerprint density at radius 2 is 1.43 bits per heavy atom. The number of pyridine rings is 1. The predicted molar refractivity (Wildman–Crippen MR) is 87.5 cm³/mol. The van der Waals surface area contributed by atoms with E-state index in [2.05, 4.69) is 27.0 Å². The Labute approximate surface area is 131 Å². The van der Waals surface area contributed by atoms with Crippen LogP contribution in [0.2, 0.25) is 0 Å². The highest BCUT2D eigenvalue weighted by Crippen LogP contribution is 2.32. The number of halogens is 1. The Kier molecular flexibility index (Phi) is 3.81. The average molecular weight is 335 g/mol. The molecule has 0 aliphatic carbocycles. The van der Waals surface area contributed by atoms with Crippen LogP contribution < -0.4 is 0 Å². The second kappa shape index (κ2) is 5.90. The summed E-state index contributed by atoms with van der Waals surface area (Å²) in [5, 5.41) is 9.61. The van der Waals surface area contributed by atoms with Gasteiger partial charge in [-0.15, -0.1) is 0 Å². The molecule has 0 bridgehead atoms. The van der Waals surface area contributed by atoms with Crippen molar-refractivity contribution in [1.29, 1.82) is 5.26 Å². The molecule has 0 radical (unpaired) electrons. The number of nitrogens with zero attached hydrogens (tertiary/aromatic N) is 2. The molecule has 3 rings (SSSR count). The van der Waals surface area contributed by atoms with Crippen LogP contribution in [0, 0.1) is 11.3 Å². The summed E-state index contributed by atoms with van der Waals surface area (Å²) in [7, 11) is 0. The predicted octanol–water partition coefficient (Wildman–Crippen LogP) is 5.05. The minimum absolute atomic E-state index is 0.593. The van der Waals surface area contributed by atoms with Gasteiger partial charge in [0.2, 0.25) is 0 Å². The fraction of sp³-hybridized carbons (Fsp3) is 0. The van der Waals surface area contributed by atoms with Gasteiger partial charge in [-0.25, -0.2) is 4.98 Å². The van der Waals surface area contributed by atoms with Crippen molar-refractivity contribution in [2.75, 3.05) is 0 Å². The molecule has 100 valence electrons. The standard InChI is InChI=1S/C18H11BrN2/c19-17-11-15(13-7-3-1-4-8-13)16(12-20)18(21-17)14-9-5-2-6-10-14/h1-11H. The third-order valence-electron chi connectivity index (χ3n) is 3.23. The molecule has 0 atom stereocenters. The maximum absolute atomic E-state index is 9.61. The normalized spacial score (nSPS) is 10.1. The van der Waals surface area contributed by atoms with E-state index >= 15 is 0 Å². The zero-order chi connectivity index (χ0) is 14.7. The van der Waals surface area contributed by atoms with Crippen molar-refractivity contribution in [3.8, 4) is 28.5 Å². The van der Waals surface area contributed by atoms with E-state index in [1.807, 2.05) is 66.7 Å². The van der Waals surface area contributed by atoms with Gasteiger partial charge >= 0.3 is 0 Å². The van der Waals surface area contributed by atoms with Crippen molar-refractivity contribution < 1.29 is 0 Å². The number of hydrogen-bond donors (Lipinski definition) is 0. The van der Waals surface area contributed by atoms with Crippen LogP contribution in [0.4, 0.5) is 0 Å². The van der Waals surface area contributed by atoms with Gasteiger partial charge in [0.25, 0.3) is 0 Å². The summed E-state index contributed by atoms with van der Waals surface area (Å²) < 4.78 is 0.721. The van der Waals surface area contributed by atoms with Crippen molar-refractivity contribution in [2.24, 2.45) is 0 Å². The SMILES string of the molecule is N#Cc1c(-c2ccccc2)cc(Br)nc1-c1ccccc1. The molecule has 2 nitrogen and oxygen atoms in total. The first-order chi connectivity index (χ1) is 10.3. The largest absolute Gasteiger partial charge is 0.239 e. The zero-order valence-electron chi connectivity index (χ0n) is 11.1. The molecule has 0 fully saturated rings. The van der Waals surface area contributed by atoms with E-state index in [9.17, 15) is 5.26 Å². The molecule has 1 heterocycles. The number of nitriles is 1. The third kappa shape index (κ3) is 2.72. The smallest absolute Gasteiger partial charge is 0.107 e. The first-order valence-electron chi connectivity index (χ1n) is 6.51. The molecule has 0 spiro atoms. The third-order valence-corrected chi connectivity index (χ3v) is 3.64. The summed E-state index contributed by atoms with van der Waals surface area (Å²) in [4.78, 5) is 4.49. The molecule has 0 saturated carbocycles. The van der Waals surface area contributed by atoms with E-state index in [0.29, 0.717) is 11.3 Å². The first kappa shape index (κ1) is 13.5. The molecule has 2 aromatic carbocycles. The summed E-state index contributed by atoms with van der Waals surface area (Å²) in [6, 6.07) is 23.8. The van der Waals surface area contributed by atoms with E-state index in [-0.39, 0.29) is 0 Å². The lowest BCUT2D eigenvalue weighted by Crippen LogP contribution is -1.94. The zero-order valence-corrected chi connectivity index (χ0v) is 12.7. The molecule has 0 N–H and O–H groups in total. The molecule has 3 heteroatoms. The topological polar surface area (TPSA) is 36.7 Å². The number of benzene rings is 2. The van der Waals surface area contributed by atoms with Crippen LogP contribution >= 0.6 is 15.9 Å². The monoisotopic (exact) mass is 334 g/mol. The Balaban J connectivity index is 2.29. The second-order valence-electron chi connectivity index (χ2n) is 4.56. The van der Waals surface area contributed by atoms with Crippen molar-refractivity contribution in [3.05, 3.63) is 76.9 Å². The summed E-state index contributed by atoms with van der Waals surface area (Å²) in [5.41, 5.74) is 4.13. The van der Waals surface area contributed by atoms with Crippen LogP contribution in [-0.4, -0.2) is 4.98 Å². The van der Waals surface area contributed by atoms with Crippen molar-refractivity contribution in [1.82, 2.24) is 4.98 Å². The van der Waals surface area contributed by atoms with E-state index < -0.39 is 0 Å². The van der Waals surface area contributed by atoms with Crippen LogP contribution in [0.15, 0.2) is 71.3 Å². The van der Waals surface area contributed by atoms with Crippen LogP contribution in [0.3, 0.4) is 0 Å². The Bertz CT molecular complexity index is 745. The maximum Gasteiger partial charge on any atom is 0.107 e. The Morgan fingerprint density at radius 1 is 0.857 bits per heavy atom. The molecule has 0 amide bonds. The summed E-state index contributed by atoms with van der Waals surface area (Å²) in [6.07, 6.45) is 0. The minimum atomic E-state index is 0.593. The molecular weight excluding hydrogens is 324 g/mol. The molecule has 0 aliphatic rings. The van der Waals surface area contributed by atoms with E-state index in [0.717, 1.165) is 21.3 Å². The lowest BCUT2D eigenvalue weighted by Gasteiger charge is -2.10. The van der Waals surface area contributed by atoms with Gasteiger partial charge in [0, 0.05) is 11.1 Å². The lowest BCUT2D eigenvalue weighted by atomic mass is 9.97. The number of rotatable bonds is 2. The van der Waals surface area contributed by atoms with Crippen LogP contribution in [0.1, 0.15) is 5.56 Å². The van der Waals surface area contributed by atoms with Gasteiger partial charge in [-0.2, -0.15) is 5.26 Å². The highest BCUT2D eigenvalue weighted by molar-refractivity contribution is 9.10.